The van der Waals surface area contributed by atoms with Gasteiger partial charge in [0.1, 0.15) is 0 Å². The number of aliphatic imine (C=N–C) groups is 1. The van der Waals surface area contributed by atoms with Crippen molar-refractivity contribution < 1.29 is 0 Å². The lowest BCUT2D eigenvalue weighted by Crippen LogP contribution is -2.36. The highest BCUT2D eigenvalue weighted by atomic mass is 15.2. The molecular weight excluding hydrogens is 679 g/mol. The number of nitrogens with one attached hydrogen (secondary N) is 1. The summed E-state index contributed by atoms with van der Waals surface area (Å²) in [5.74, 6) is 0.812. The summed E-state index contributed by atoms with van der Waals surface area (Å²) in [5, 5.41) is 6.43. The molecule has 1 aromatic heterocycles. The number of hydrogen-bond acceptors (Lipinski definition) is 2. The molecule has 0 bridgehead atoms. The van der Waals surface area contributed by atoms with Crippen LogP contribution in [0.3, 0.4) is 0 Å². The second-order valence-corrected chi connectivity index (χ2v) is 15.0. The average molecular weight is 718 g/mol. The molecule has 1 aliphatic heterocycles. The van der Waals surface area contributed by atoms with E-state index < -0.39 is 5.41 Å². The summed E-state index contributed by atoms with van der Waals surface area (Å²) < 4.78 is 2.43. The van der Waals surface area contributed by atoms with Crippen LogP contribution < -0.4 is 5.32 Å². The highest BCUT2D eigenvalue weighted by Gasteiger charge is 2.49. The van der Waals surface area contributed by atoms with Gasteiger partial charge in [0, 0.05) is 21.9 Å². The molecule has 2 aliphatic carbocycles. The van der Waals surface area contributed by atoms with Gasteiger partial charge in [-0.05, 0) is 75.6 Å². The molecule has 0 saturated carbocycles. The van der Waals surface area contributed by atoms with Crippen LogP contribution in [0.4, 0.5) is 0 Å². The van der Waals surface area contributed by atoms with Gasteiger partial charge in [-0.2, -0.15) is 0 Å². The van der Waals surface area contributed by atoms with Crippen LogP contribution in [0.2, 0.25) is 0 Å². The number of hydrogen-bond donors (Lipinski definition) is 1. The fourth-order valence-electron chi connectivity index (χ4n) is 9.54. The summed E-state index contributed by atoms with van der Waals surface area (Å²) in [6, 6.07) is 63.8. The molecule has 0 radical (unpaired) electrons. The van der Waals surface area contributed by atoms with Crippen LogP contribution >= 0.6 is 0 Å². The van der Waals surface area contributed by atoms with Crippen molar-refractivity contribution in [1.82, 2.24) is 9.88 Å². The lowest BCUT2D eigenvalue weighted by Gasteiger charge is -2.36. The molecule has 3 aliphatic rings. The minimum atomic E-state index is -0.535. The zero-order valence-corrected chi connectivity index (χ0v) is 30.9. The van der Waals surface area contributed by atoms with E-state index in [0.29, 0.717) is 0 Å². The second-order valence-electron chi connectivity index (χ2n) is 15.0. The molecule has 3 nitrogen and oxygen atoms in total. The number of aromatic nitrogens is 1. The smallest absolute Gasteiger partial charge is 0.209 e. The third kappa shape index (κ3) is 4.94. The molecule has 11 rings (SSSR count). The third-order valence-corrected chi connectivity index (χ3v) is 11.9. The van der Waals surface area contributed by atoms with Crippen molar-refractivity contribution in [3.05, 3.63) is 234 Å². The molecule has 8 aromatic rings. The lowest BCUT2D eigenvalue weighted by atomic mass is 9.66. The van der Waals surface area contributed by atoms with Crippen LogP contribution in [0.5, 0.6) is 0 Å². The zero-order chi connectivity index (χ0) is 37.1. The van der Waals surface area contributed by atoms with E-state index in [4.69, 9.17) is 4.99 Å². The van der Waals surface area contributed by atoms with Crippen molar-refractivity contribution in [3.8, 4) is 22.3 Å². The highest BCUT2D eigenvalue weighted by Crippen LogP contribution is 2.59. The molecule has 0 fully saturated rings. The van der Waals surface area contributed by atoms with Crippen LogP contribution in [0.1, 0.15) is 46.7 Å². The molecule has 0 spiro atoms. The molecule has 0 amide bonds. The normalized spacial score (nSPS) is 18.5. The van der Waals surface area contributed by atoms with Crippen LogP contribution in [0.25, 0.3) is 49.8 Å². The molecule has 1 N–H and O–H groups in total. The Balaban J connectivity index is 1.22. The predicted molar refractivity (Wildman–Crippen MR) is 233 cm³/mol. The molecule has 266 valence electrons. The third-order valence-electron chi connectivity index (χ3n) is 11.9. The van der Waals surface area contributed by atoms with Crippen molar-refractivity contribution in [1.29, 1.82) is 0 Å². The number of benzene rings is 7. The van der Waals surface area contributed by atoms with Gasteiger partial charge in [0.25, 0.3) is 0 Å². The van der Waals surface area contributed by atoms with E-state index in [1.165, 1.54) is 66.4 Å². The fourth-order valence-corrected chi connectivity index (χ4v) is 9.54. The molecule has 2 unspecified atom stereocenters. The number of para-hydroxylation sites is 1. The van der Waals surface area contributed by atoms with E-state index in [9.17, 15) is 0 Å². The first-order chi connectivity index (χ1) is 27.8. The van der Waals surface area contributed by atoms with E-state index in [1.54, 1.807) is 0 Å². The number of fused-ring (bicyclic) bond motifs is 7. The van der Waals surface area contributed by atoms with Gasteiger partial charge in [0.15, 0.2) is 0 Å². The maximum atomic E-state index is 5.56. The Bertz CT molecular complexity index is 2930. The number of rotatable bonds is 5. The topological polar surface area (TPSA) is 29.3 Å². The lowest BCUT2D eigenvalue weighted by molar-refractivity contribution is 0.747. The Kier molecular flexibility index (Phi) is 7.60. The first-order valence-corrected chi connectivity index (χ1v) is 19.7. The molecule has 0 saturated heterocycles. The summed E-state index contributed by atoms with van der Waals surface area (Å²) in [6.45, 7) is 0. The predicted octanol–water partition coefficient (Wildman–Crippen LogP) is 12.6. The minimum Gasteiger partial charge on any atom is -0.345 e. The van der Waals surface area contributed by atoms with Gasteiger partial charge in [-0.3, -0.25) is 4.57 Å². The Labute approximate surface area is 327 Å². The molecule has 2 heterocycles. The van der Waals surface area contributed by atoms with Crippen molar-refractivity contribution in [2.24, 2.45) is 4.99 Å². The maximum absolute atomic E-state index is 5.56. The van der Waals surface area contributed by atoms with Crippen molar-refractivity contribution >= 4 is 33.5 Å². The van der Waals surface area contributed by atoms with Gasteiger partial charge in [0.05, 0.1) is 28.2 Å². The Hall–Kier alpha value is -6.97. The summed E-state index contributed by atoms with van der Waals surface area (Å²) in [7, 11) is 0. The molecule has 2 atom stereocenters. The van der Waals surface area contributed by atoms with Crippen molar-refractivity contribution in [2.45, 2.75) is 24.3 Å². The van der Waals surface area contributed by atoms with Gasteiger partial charge in [-0.15, -0.1) is 0 Å². The van der Waals surface area contributed by atoms with E-state index in [0.717, 1.165) is 35.6 Å². The Morgan fingerprint density at radius 3 is 2.11 bits per heavy atom. The quantitative estimate of drug-likeness (QED) is 0.189. The van der Waals surface area contributed by atoms with Crippen LogP contribution in [0.15, 0.2) is 211 Å². The molecular formula is C53H39N3. The largest absolute Gasteiger partial charge is 0.345 e. The zero-order valence-electron chi connectivity index (χ0n) is 30.9. The Morgan fingerprint density at radius 1 is 0.589 bits per heavy atom. The van der Waals surface area contributed by atoms with Crippen LogP contribution in [-0.2, 0) is 5.41 Å². The number of nitrogens with zero attached hydrogens (tertiary/aromatic N) is 2. The summed E-state index contributed by atoms with van der Waals surface area (Å²) in [5.41, 5.74) is 15.2. The highest BCUT2D eigenvalue weighted by molar-refractivity contribution is 6.18. The Morgan fingerprint density at radius 2 is 1.30 bits per heavy atom. The van der Waals surface area contributed by atoms with Gasteiger partial charge in [-0.1, -0.05) is 182 Å². The average Bonchev–Trinajstić information content (AvgIpc) is 3.79. The summed E-state index contributed by atoms with van der Waals surface area (Å²) in [4.78, 5) is 5.56. The van der Waals surface area contributed by atoms with Crippen LogP contribution in [0, 0.1) is 0 Å². The first kappa shape index (κ1) is 32.5. The minimum absolute atomic E-state index is 0.130. The van der Waals surface area contributed by atoms with Gasteiger partial charge < -0.3 is 5.32 Å². The SMILES string of the molecule is C1=CC(C2(c3ccccc3)c3ccccc3-c3ccc4c5ccccc5n(C5=NC(c6ccccc6)=CC(c6cccc(-c7ccccc7)c6)N5)c4c32)=CCC1. The monoisotopic (exact) mass is 717 g/mol. The van der Waals surface area contributed by atoms with E-state index in [1.807, 2.05) is 0 Å². The maximum Gasteiger partial charge on any atom is 0.209 e. The van der Waals surface area contributed by atoms with Crippen LogP contribution in [-0.4, -0.2) is 10.5 Å². The molecule has 3 heteroatoms. The molecule has 56 heavy (non-hydrogen) atoms. The fraction of sp³-hybridized carbons (Fsp3) is 0.0755. The van der Waals surface area contributed by atoms with Crippen molar-refractivity contribution in [3.63, 3.8) is 0 Å². The van der Waals surface area contributed by atoms with E-state index in [2.05, 4.69) is 210 Å². The van der Waals surface area contributed by atoms with E-state index in [-0.39, 0.29) is 6.04 Å². The first-order valence-electron chi connectivity index (χ1n) is 19.7. The van der Waals surface area contributed by atoms with E-state index >= 15 is 0 Å². The second kappa shape index (κ2) is 13.1. The van der Waals surface area contributed by atoms with Crippen molar-refractivity contribution in [2.75, 3.05) is 0 Å². The number of allylic oxidation sites excluding steroid dienone is 4. The summed E-state index contributed by atoms with van der Waals surface area (Å²) in [6.07, 6.45) is 11.6. The molecule has 7 aromatic carbocycles. The standard InChI is InChI=1S/C53H39N3/c1-5-18-36(19-6-1)38-22-17-23-39(34-38)48-35-47(37-20-7-2-8-21-37)54-52(55-48)56-49-31-16-14-29-43(49)45-33-32-44-42-28-13-15-30-46(42)53(50(44)51(45)56,40-24-9-3-10-25-40)41-26-11-4-12-27-41/h1-3,5-11,13-35,48H,4,12H2,(H,54,55). The summed E-state index contributed by atoms with van der Waals surface area (Å²) >= 11 is 0. The van der Waals surface area contributed by atoms with Gasteiger partial charge in [0.2, 0.25) is 5.96 Å². The van der Waals surface area contributed by atoms with Gasteiger partial charge in [-0.25, -0.2) is 4.99 Å². The van der Waals surface area contributed by atoms with Gasteiger partial charge >= 0.3 is 0 Å².